The van der Waals surface area contributed by atoms with Gasteiger partial charge in [-0.3, -0.25) is 9.48 Å². The normalized spacial score (nSPS) is 14.5. The Morgan fingerprint density at radius 2 is 1.64 bits per heavy atom. The van der Waals surface area contributed by atoms with Gasteiger partial charge in [0.2, 0.25) is 5.91 Å². The van der Waals surface area contributed by atoms with Crippen molar-refractivity contribution in [3.63, 3.8) is 0 Å². The van der Waals surface area contributed by atoms with Crippen LogP contribution in [0.4, 0.5) is 0 Å². The second-order valence-electron chi connectivity index (χ2n) is 8.01. The van der Waals surface area contributed by atoms with E-state index in [9.17, 15) is 9.59 Å². The number of carbonyl (C=O) groups excluding carboxylic acids is 2. The van der Waals surface area contributed by atoms with Crippen molar-refractivity contribution < 1.29 is 14.3 Å². The Balaban J connectivity index is 1.31. The minimum atomic E-state index is -0.553. The highest BCUT2D eigenvalue weighted by Crippen LogP contribution is 2.32. The molecule has 0 spiro atoms. The number of fused-ring (bicyclic) bond motifs is 1. The van der Waals surface area contributed by atoms with Crippen LogP contribution < -0.4 is 5.32 Å². The summed E-state index contributed by atoms with van der Waals surface area (Å²) in [6, 6.07) is 27.2. The number of ether oxygens (including phenoxy) is 1. The first-order valence-corrected chi connectivity index (χ1v) is 10.9. The van der Waals surface area contributed by atoms with E-state index < -0.39 is 6.10 Å². The van der Waals surface area contributed by atoms with E-state index in [1.807, 2.05) is 71.5 Å². The molecule has 5 rings (SSSR count). The van der Waals surface area contributed by atoms with Gasteiger partial charge < -0.3 is 10.1 Å². The third-order valence-corrected chi connectivity index (χ3v) is 5.70. The highest BCUT2D eigenvalue weighted by atomic mass is 16.5. The number of cyclic esters (lactones) is 1. The molecule has 0 saturated heterocycles. The minimum absolute atomic E-state index is 0.0849. The number of nitrogens with one attached hydrogen (secondary N) is 1. The fourth-order valence-corrected chi connectivity index (χ4v) is 4.09. The number of rotatable bonds is 7. The molecule has 0 radical (unpaired) electrons. The van der Waals surface area contributed by atoms with Crippen LogP contribution in [0.2, 0.25) is 0 Å². The van der Waals surface area contributed by atoms with Crippen LogP contribution in [0.1, 0.15) is 39.6 Å². The molecule has 6 heteroatoms. The zero-order chi connectivity index (χ0) is 22.6. The second-order valence-corrected chi connectivity index (χ2v) is 8.01. The lowest BCUT2D eigenvalue weighted by Crippen LogP contribution is -2.24. The van der Waals surface area contributed by atoms with E-state index in [0.717, 1.165) is 27.9 Å². The topological polar surface area (TPSA) is 73.2 Å². The molecule has 164 valence electrons. The maximum atomic E-state index is 12.7. The lowest BCUT2D eigenvalue weighted by atomic mass is 10.0. The Hall–Kier alpha value is -4.19. The van der Waals surface area contributed by atoms with Gasteiger partial charge in [-0.25, -0.2) is 4.79 Å². The molecule has 0 bridgehead atoms. The highest BCUT2D eigenvalue weighted by Gasteiger charge is 2.32. The van der Waals surface area contributed by atoms with Crippen LogP contribution >= 0.6 is 0 Å². The molecule has 1 unspecified atom stereocenters. The van der Waals surface area contributed by atoms with Gasteiger partial charge in [0.05, 0.1) is 24.2 Å². The average molecular weight is 437 g/mol. The van der Waals surface area contributed by atoms with Gasteiger partial charge in [0.15, 0.2) is 0 Å². The van der Waals surface area contributed by atoms with E-state index in [1.165, 1.54) is 0 Å². The Morgan fingerprint density at radius 3 is 2.42 bits per heavy atom. The molecule has 1 atom stereocenters. The molecule has 33 heavy (non-hydrogen) atoms. The van der Waals surface area contributed by atoms with Crippen LogP contribution in [0.25, 0.3) is 11.3 Å². The van der Waals surface area contributed by atoms with E-state index in [1.54, 1.807) is 12.1 Å². The van der Waals surface area contributed by atoms with Gasteiger partial charge in [0.25, 0.3) is 0 Å². The molecule has 3 aromatic carbocycles. The highest BCUT2D eigenvalue weighted by molar-refractivity contribution is 5.94. The van der Waals surface area contributed by atoms with Crippen molar-refractivity contribution in [2.24, 2.45) is 0 Å². The summed E-state index contributed by atoms with van der Waals surface area (Å²) >= 11 is 0. The van der Waals surface area contributed by atoms with E-state index >= 15 is 0 Å². The summed E-state index contributed by atoms with van der Waals surface area (Å²) in [4.78, 5) is 24.7. The Morgan fingerprint density at radius 1 is 0.939 bits per heavy atom. The molecular formula is C27H23N3O3. The summed E-state index contributed by atoms with van der Waals surface area (Å²) < 4.78 is 7.30. The average Bonchev–Trinajstić information content (AvgIpc) is 3.40. The molecule has 6 nitrogen and oxygen atoms in total. The first-order valence-electron chi connectivity index (χ1n) is 10.9. The summed E-state index contributed by atoms with van der Waals surface area (Å²) in [6.45, 7) is 0.976. The van der Waals surface area contributed by atoms with Crippen molar-refractivity contribution in [3.05, 3.63) is 113 Å². The maximum absolute atomic E-state index is 12.7. The fourth-order valence-electron chi connectivity index (χ4n) is 4.09. The molecule has 1 N–H and O–H groups in total. The molecule has 1 aliphatic rings. The number of aromatic nitrogens is 2. The van der Waals surface area contributed by atoms with Crippen LogP contribution in [0.15, 0.2) is 91.1 Å². The molecule has 1 aromatic heterocycles. The van der Waals surface area contributed by atoms with Gasteiger partial charge in [-0.15, -0.1) is 0 Å². The third kappa shape index (κ3) is 4.55. The molecule has 4 aromatic rings. The number of hydrogen-bond acceptors (Lipinski definition) is 4. The predicted octanol–water partition coefficient (Wildman–Crippen LogP) is 4.52. The Kier molecular flexibility index (Phi) is 5.72. The zero-order valence-corrected chi connectivity index (χ0v) is 18.0. The van der Waals surface area contributed by atoms with E-state index in [-0.39, 0.29) is 18.3 Å². The molecule has 2 heterocycles. The molecule has 1 amide bonds. The SMILES string of the molecule is O=C(CC1OC(=O)c2ccccc21)NCc1cn(Cc2ccccc2)nc1-c1ccccc1. The quantitative estimate of drug-likeness (QED) is 0.432. The largest absolute Gasteiger partial charge is 0.453 e. The summed E-state index contributed by atoms with van der Waals surface area (Å²) in [6.07, 6.45) is 1.50. The lowest BCUT2D eigenvalue weighted by Gasteiger charge is -2.11. The molecular weight excluding hydrogens is 414 g/mol. The van der Waals surface area contributed by atoms with Crippen molar-refractivity contribution in [3.8, 4) is 11.3 Å². The Labute approximate surface area is 191 Å². The third-order valence-electron chi connectivity index (χ3n) is 5.70. The van der Waals surface area contributed by atoms with E-state index in [4.69, 9.17) is 9.84 Å². The maximum Gasteiger partial charge on any atom is 0.339 e. The van der Waals surface area contributed by atoms with Crippen molar-refractivity contribution >= 4 is 11.9 Å². The van der Waals surface area contributed by atoms with Crippen molar-refractivity contribution in [2.75, 3.05) is 0 Å². The number of benzene rings is 3. The smallest absolute Gasteiger partial charge is 0.339 e. The standard InChI is InChI=1S/C27H23N3O3/c31-25(15-24-22-13-7-8-14-23(22)27(32)33-24)28-16-21-18-30(17-19-9-3-1-4-10-19)29-26(21)20-11-5-2-6-12-20/h1-14,18,24H,15-17H2,(H,28,31). The Bertz CT molecular complexity index is 1280. The summed E-state index contributed by atoms with van der Waals surface area (Å²) in [5.74, 6) is -0.559. The molecule has 1 aliphatic heterocycles. The van der Waals surface area contributed by atoms with Crippen molar-refractivity contribution in [1.29, 1.82) is 0 Å². The number of amides is 1. The van der Waals surface area contributed by atoms with Gasteiger partial charge in [0.1, 0.15) is 6.10 Å². The predicted molar refractivity (Wildman–Crippen MR) is 124 cm³/mol. The zero-order valence-electron chi connectivity index (χ0n) is 18.0. The van der Waals surface area contributed by atoms with E-state index in [0.29, 0.717) is 18.7 Å². The number of esters is 1. The number of nitrogens with zero attached hydrogens (tertiary/aromatic N) is 2. The second kappa shape index (κ2) is 9.12. The van der Waals surface area contributed by atoms with Gasteiger partial charge in [-0.05, 0) is 11.6 Å². The van der Waals surface area contributed by atoms with E-state index in [2.05, 4.69) is 17.4 Å². The first kappa shape index (κ1) is 20.7. The summed E-state index contributed by atoms with van der Waals surface area (Å²) in [5.41, 5.74) is 5.20. The van der Waals surface area contributed by atoms with Gasteiger partial charge in [-0.1, -0.05) is 78.9 Å². The fraction of sp³-hybridized carbons (Fsp3) is 0.148. The minimum Gasteiger partial charge on any atom is -0.453 e. The first-order chi connectivity index (χ1) is 16.2. The summed E-state index contributed by atoms with van der Waals surface area (Å²) in [7, 11) is 0. The monoisotopic (exact) mass is 437 g/mol. The molecule has 0 saturated carbocycles. The molecule has 0 aliphatic carbocycles. The number of hydrogen-bond donors (Lipinski definition) is 1. The van der Waals surface area contributed by atoms with Crippen LogP contribution in [-0.4, -0.2) is 21.7 Å². The van der Waals surface area contributed by atoms with Gasteiger partial charge in [-0.2, -0.15) is 5.10 Å². The summed E-state index contributed by atoms with van der Waals surface area (Å²) in [5, 5.41) is 7.77. The van der Waals surface area contributed by atoms with Crippen LogP contribution in [0.5, 0.6) is 0 Å². The van der Waals surface area contributed by atoms with Crippen molar-refractivity contribution in [1.82, 2.24) is 15.1 Å². The lowest BCUT2D eigenvalue weighted by molar-refractivity contribution is -0.123. The number of carbonyl (C=O) groups is 2. The van der Waals surface area contributed by atoms with Crippen LogP contribution in [0, 0.1) is 0 Å². The molecule has 0 fully saturated rings. The van der Waals surface area contributed by atoms with Gasteiger partial charge >= 0.3 is 5.97 Å². The van der Waals surface area contributed by atoms with Gasteiger partial charge in [0, 0.05) is 29.4 Å². The van der Waals surface area contributed by atoms with Crippen LogP contribution in [-0.2, 0) is 22.6 Å². The van der Waals surface area contributed by atoms with Crippen LogP contribution in [0.3, 0.4) is 0 Å². The van der Waals surface area contributed by atoms with Crippen molar-refractivity contribution in [2.45, 2.75) is 25.6 Å².